The van der Waals surface area contributed by atoms with Gasteiger partial charge in [0.1, 0.15) is 5.75 Å². The van der Waals surface area contributed by atoms with Crippen LogP contribution in [0.15, 0.2) is 66.7 Å². The molecular weight excluding hydrogens is 274 g/mol. The smallest absolute Gasteiger partial charge is 0.255 e. The van der Waals surface area contributed by atoms with Gasteiger partial charge < -0.3 is 10.5 Å². The molecule has 0 heterocycles. The Morgan fingerprint density at radius 3 is 2.41 bits per heavy atom. The molecule has 3 aromatic carbocycles. The van der Waals surface area contributed by atoms with Crippen molar-refractivity contribution in [1.29, 1.82) is 0 Å². The van der Waals surface area contributed by atoms with Crippen LogP contribution in [0.5, 0.6) is 5.75 Å². The highest BCUT2D eigenvalue weighted by Gasteiger charge is 2.07. The highest BCUT2D eigenvalue weighted by atomic mass is 16.5. The van der Waals surface area contributed by atoms with E-state index in [-0.39, 0.29) is 6.61 Å². The zero-order chi connectivity index (χ0) is 15.4. The molecular formula is C19H17NO2. The number of rotatable bonds is 5. The van der Waals surface area contributed by atoms with E-state index in [4.69, 9.17) is 10.5 Å². The third-order valence-electron chi connectivity index (χ3n) is 3.60. The van der Waals surface area contributed by atoms with Gasteiger partial charge in [-0.3, -0.25) is 4.79 Å². The molecule has 0 aliphatic carbocycles. The van der Waals surface area contributed by atoms with Gasteiger partial charge in [0.05, 0.1) is 0 Å². The molecule has 0 atom stereocenters. The van der Waals surface area contributed by atoms with Crippen molar-refractivity contribution in [2.45, 2.75) is 6.42 Å². The average Bonchev–Trinajstić information content (AvgIpc) is 2.54. The molecule has 0 saturated carbocycles. The van der Waals surface area contributed by atoms with E-state index >= 15 is 0 Å². The quantitative estimate of drug-likeness (QED) is 0.784. The molecule has 3 heteroatoms. The SMILES string of the molecule is NC(=O)COc1ccccc1Cc1cccc2ccccc12. The summed E-state index contributed by atoms with van der Waals surface area (Å²) >= 11 is 0. The summed E-state index contributed by atoms with van der Waals surface area (Å²) < 4.78 is 5.51. The van der Waals surface area contributed by atoms with Gasteiger partial charge in [0.15, 0.2) is 6.61 Å². The summed E-state index contributed by atoms with van der Waals surface area (Å²) in [6, 6.07) is 22.3. The predicted molar refractivity (Wildman–Crippen MR) is 87.9 cm³/mol. The first-order valence-electron chi connectivity index (χ1n) is 7.19. The van der Waals surface area contributed by atoms with E-state index in [1.54, 1.807) is 0 Å². The van der Waals surface area contributed by atoms with Crippen LogP contribution in [0.1, 0.15) is 11.1 Å². The second kappa shape index (κ2) is 6.31. The van der Waals surface area contributed by atoms with E-state index in [0.29, 0.717) is 5.75 Å². The number of hydrogen-bond acceptors (Lipinski definition) is 2. The Morgan fingerprint density at radius 2 is 1.55 bits per heavy atom. The van der Waals surface area contributed by atoms with Gasteiger partial charge in [-0.15, -0.1) is 0 Å². The molecule has 0 aliphatic heterocycles. The number of amides is 1. The van der Waals surface area contributed by atoms with E-state index in [1.165, 1.54) is 16.3 Å². The summed E-state index contributed by atoms with van der Waals surface area (Å²) in [5.41, 5.74) is 7.42. The van der Waals surface area contributed by atoms with Crippen molar-refractivity contribution in [3.63, 3.8) is 0 Å². The first-order chi connectivity index (χ1) is 10.7. The van der Waals surface area contributed by atoms with Crippen molar-refractivity contribution in [3.8, 4) is 5.75 Å². The molecule has 22 heavy (non-hydrogen) atoms. The number of carbonyl (C=O) groups excluding carboxylic acids is 1. The van der Waals surface area contributed by atoms with Crippen molar-refractivity contribution in [1.82, 2.24) is 0 Å². The Labute approximate surface area is 129 Å². The molecule has 3 rings (SSSR count). The van der Waals surface area contributed by atoms with Crippen LogP contribution >= 0.6 is 0 Å². The first kappa shape index (κ1) is 14.1. The summed E-state index contributed by atoms with van der Waals surface area (Å²) in [4.78, 5) is 10.9. The van der Waals surface area contributed by atoms with Crippen molar-refractivity contribution in [3.05, 3.63) is 77.9 Å². The maximum Gasteiger partial charge on any atom is 0.255 e. The minimum Gasteiger partial charge on any atom is -0.483 e. The molecule has 0 spiro atoms. The highest BCUT2D eigenvalue weighted by molar-refractivity contribution is 5.86. The van der Waals surface area contributed by atoms with Crippen LogP contribution in [0, 0.1) is 0 Å². The molecule has 110 valence electrons. The first-order valence-corrected chi connectivity index (χ1v) is 7.19. The molecule has 1 amide bonds. The summed E-state index contributed by atoms with van der Waals surface area (Å²) in [6.45, 7) is -0.105. The Balaban J connectivity index is 1.93. The van der Waals surface area contributed by atoms with Gasteiger partial charge in [-0.2, -0.15) is 0 Å². The molecule has 0 saturated heterocycles. The number of ether oxygens (including phenoxy) is 1. The lowest BCUT2D eigenvalue weighted by atomic mass is 9.98. The standard InChI is InChI=1S/C19H17NO2/c20-19(21)13-22-18-11-4-2-7-16(18)12-15-9-5-8-14-6-1-3-10-17(14)15/h1-11H,12-13H2,(H2,20,21). The molecule has 0 unspecified atom stereocenters. The zero-order valence-corrected chi connectivity index (χ0v) is 12.2. The molecule has 0 aromatic heterocycles. The fraction of sp³-hybridized carbons (Fsp3) is 0.105. The maximum absolute atomic E-state index is 10.9. The molecule has 3 aromatic rings. The third kappa shape index (κ3) is 3.09. The van der Waals surface area contributed by atoms with E-state index in [2.05, 4.69) is 30.3 Å². The Hall–Kier alpha value is -2.81. The molecule has 2 N–H and O–H groups in total. The monoisotopic (exact) mass is 291 g/mol. The Morgan fingerprint density at radius 1 is 0.864 bits per heavy atom. The number of primary amides is 1. The van der Waals surface area contributed by atoms with Crippen LogP contribution in [0.2, 0.25) is 0 Å². The molecule has 0 fully saturated rings. The summed E-state index contributed by atoms with van der Waals surface area (Å²) in [5.74, 6) is 0.231. The Bertz CT molecular complexity index is 806. The third-order valence-corrected chi connectivity index (χ3v) is 3.60. The summed E-state index contributed by atoms with van der Waals surface area (Å²) in [7, 11) is 0. The summed E-state index contributed by atoms with van der Waals surface area (Å²) in [5, 5.41) is 2.45. The number of fused-ring (bicyclic) bond motifs is 1. The van der Waals surface area contributed by atoms with Gasteiger partial charge >= 0.3 is 0 Å². The second-order valence-corrected chi connectivity index (χ2v) is 5.18. The molecule has 0 aliphatic rings. The van der Waals surface area contributed by atoms with Gasteiger partial charge in [0, 0.05) is 6.42 Å². The van der Waals surface area contributed by atoms with E-state index in [0.717, 1.165) is 12.0 Å². The summed E-state index contributed by atoms with van der Waals surface area (Å²) in [6.07, 6.45) is 0.746. The largest absolute Gasteiger partial charge is 0.483 e. The van der Waals surface area contributed by atoms with Crippen molar-refractivity contribution >= 4 is 16.7 Å². The lowest BCUT2D eigenvalue weighted by molar-refractivity contribution is -0.119. The number of benzene rings is 3. The van der Waals surface area contributed by atoms with Crippen molar-refractivity contribution < 1.29 is 9.53 Å². The lowest BCUT2D eigenvalue weighted by Gasteiger charge is -2.12. The van der Waals surface area contributed by atoms with E-state index in [9.17, 15) is 4.79 Å². The highest BCUT2D eigenvalue weighted by Crippen LogP contribution is 2.25. The van der Waals surface area contributed by atoms with E-state index < -0.39 is 5.91 Å². The van der Waals surface area contributed by atoms with Crippen LogP contribution in [0.3, 0.4) is 0 Å². The normalized spacial score (nSPS) is 10.5. The Kier molecular flexibility index (Phi) is 4.05. The molecule has 0 bridgehead atoms. The number of carbonyl (C=O) groups is 1. The van der Waals surface area contributed by atoms with Crippen LogP contribution in [-0.4, -0.2) is 12.5 Å². The number of nitrogens with two attached hydrogens (primary N) is 1. The van der Waals surface area contributed by atoms with Crippen LogP contribution in [-0.2, 0) is 11.2 Å². The predicted octanol–water partition coefficient (Wildman–Crippen LogP) is 3.29. The van der Waals surface area contributed by atoms with Crippen molar-refractivity contribution in [2.24, 2.45) is 5.73 Å². The van der Waals surface area contributed by atoms with Crippen LogP contribution in [0.25, 0.3) is 10.8 Å². The topological polar surface area (TPSA) is 52.3 Å². The van der Waals surface area contributed by atoms with E-state index in [1.807, 2.05) is 36.4 Å². The zero-order valence-electron chi connectivity index (χ0n) is 12.2. The van der Waals surface area contributed by atoms with Gasteiger partial charge in [-0.1, -0.05) is 60.7 Å². The number of hydrogen-bond donors (Lipinski definition) is 1. The molecule has 3 nitrogen and oxygen atoms in total. The van der Waals surface area contributed by atoms with Crippen LogP contribution < -0.4 is 10.5 Å². The minimum atomic E-state index is -0.472. The van der Waals surface area contributed by atoms with Crippen molar-refractivity contribution in [2.75, 3.05) is 6.61 Å². The minimum absolute atomic E-state index is 0.105. The van der Waals surface area contributed by atoms with Gasteiger partial charge in [-0.05, 0) is 28.0 Å². The second-order valence-electron chi connectivity index (χ2n) is 5.18. The number of para-hydroxylation sites is 1. The fourth-order valence-corrected chi connectivity index (χ4v) is 2.59. The maximum atomic E-state index is 10.9. The fourth-order valence-electron chi connectivity index (χ4n) is 2.59. The average molecular weight is 291 g/mol. The lowest BCUT2D eigenvalue weighted by Crippen LogP contribution is -2.20. The van der Waals surface area contributed by atoms with Crippen LogP contribution in [0.4, 0.5) is 0 Å². The van der Waals surface area contributed by atoms with Gasteiger partial charge in [0.25, 0.3) is 5.91 Å². The van der Waals surface area contributed by atoms with Gasteiger partial charge in [-0.25, -0.2) is 0 Å². The molecule has 0 radical (unpaired) electrons. The van der Waals surface area contributed by atoms with Gasteiger partial charge in [0.2, 0.25) is 0 Å².